The molecule has 84 valence electrons. The van der Waals surface area contributed by atoms with Crippen molar-refractivity contribution >= 4 is 22.5 Å². The van der Waals surface area contributed by atoms with E-state index in [1.165, 1.54) is 10.9 Å². The van der Waals surface area contributed by atoms with Crippen molar-refractivity contribution in [3.63, 3.8) is 0 Å². The zero-order valence-corrected chi connectivity index (χ0v) is 9.96. The zero-order valence-electron chi connectivity index (χ0n) is 9.20. The molecule has 0 aliphatic heterocycles. The Morgan fingerprint density at radius 2 is 2.19 bits per heavy atom. The number of rotatable bonds is 2. The standard InChI is InChI=1S/C13H14ClNO/c1-15-7-11(13(8-16)4-5-13)10-3-2-9(14)6-12(10)15/h2-3,6-7,16H,4-5,8H2,1H3. The van der Waals surface area contributed by atoms with Crippen LogP contribution in [0.25, 0.3) is 10.9 Å². The Balaban J connectivity index is 2.27. The van der Waals surface area contributed by atoms with Crippen LogP contribution in [0.15, 0.2) is 24.4 Å². The first-order chi connectivity index (χ1) is 7.66. The van der Waals surface area contributed by atoms with Gasteiger partial charge >= 0.3 is 0 Å². The molecule has 1 heterocycles. The minimum Gasteiger partial charge on any atom is -0.395 e. The molecule has 3 rings (SSSR count). The van der Waals surface area contributed by atoms with Gasteiger partial charge < -0.3 is 9.67 Å². The molecule has 0 spiro atoms. The van der Waals surface area contributed by atoms with Gasteiger partial charge in [0.25, 0.3) is 0 Å². The summed E-state index contributed by atoms with van der Waals surface area (Å²) in [6.45, 7) is 0.245. The summed E-state index contributed by atoms with van der Waals surface area (Å²) in [4.78, 5) is 0. The van der Waals surface area contributed by atoms with Crippen molar-refractivity contribution in [1.82, 2.24) is 4.57 Å². The number of aliphatic hydroxyl groups is 1. The van der Waals surface area contributed by atoms with Crippen molar-refractivity contribution in [2.24, 2.45) is 7.05 Å². The summed E-state index contributed by atoms with van der Waals surface area (Å²) in [5.41, 5.74) is 2.43. The average Bonchev–Trinajstić information content (AvgIpc) is 3.01. The number of nitrogens with zero attached hydrogens (tertiary/aromatic N) is 1. The molecular formula is C13H14ClNO. The molecule has 1 N–H and O–H groups in total. The maximum absolute atomic E-state index is 9.50. The Bertz CT molecular complexity index is 554. The monoisotopic (exact) mass is 235 g/mol. The SMILES string of the molecule is Cn1cc(C2(CO)CC2)c2ccc(Cl)cc21. The first-order valence-corrected chi connectivity index (χ1v) is 5.90. The smallest absolute Gasteiger partial charge is 0.0528 e. The lowest BCUT2D eigenvalue weighted by molar-refractivity contribution is 0.255. The van der Waals surface area contributed by atoms with Crippen LogP contribution < -0.4 is 0 Å². The lowest BCUT2D eigenvalue weighted by Gasteiger charge is -2.09. The molecule has 0 bridgehead atoms. The second-order valence-corrected chi connectivity index (χ2v) is 5.19. The summed E-state index contributed by atoms with van der Waals surface area (Å²) in [7, 11) is 2.02. The second kappa shape index (κ2) is 3.25. The van der Waals surface area contributed by atoms with Crippen molar-refractivity contribution in [1.29, 1.82) is 0 Å². The fraction of sp³-hybridized carbons (Fsp3) is 0.385. The van der Waals surface area contributed by atoms with Crippen molar-refractivity contribution in [3.8, 4) is 0 Å². The van der Waals surface area contributed by atoms with E-state index in [0.717, 1.165) is 23.4 Å². The number of aliphatic hydroxyl groups excluding tert-OH is 1. The van der Waals surface area contributed by atoms with Gasteiger partial charge in [0.05, 0.1) is 6.61 Å². The molecule has 1 aromatic heterocycles. The Morgan fingerprint density at radius 1 is 1.44 bits per heavy atom. The third-order valence-electron chi connectivity index (χ3n) is 3.68. The maximum atomic E-state index is 9.50. The molecule has 0 amide bonds. The van der Waals surface area contributed by atoms with Crippen LogP contribution in [0, 0.1) is 0 Å². The van der Waals surface area contributed by atoms with Gasteiger partial charge in [-0.05, 0) is 30.5 Å². The Morgan fingerprint density at radius 3 is 2.81 bits per heavy atom. The van der Waals surface area contributed by atoms with Crippen LogP contribution in [-0.2, 0) is 12.5 Å². The van der Waals surface area contributed by atoms with Crippen molar-refractivity contribution < 1.29 is 5.11 Å². The van der Waals surface area contributed by atoms with E-state index in [9.17, 15) is 5.11 Å². The van der Waals surface area contributed by atoms with Crippen LogP contribution >= 0.6 is 11.6 Å². The highest BCUT2D eigenvalue weighted by atomic mass is 35.5. The topological polar surface area (TPSA) is 25.2 Å². The third-order valence-corrected chi connectivity index (χ3v) is 3.92. The van der Waals surface area contributed by atoms with Gasteiger partial charge in [0.2, 0.25) is 0 Å². The fourth-order valence-corrected chi connectivity index (χ4v) is 2.61. The summed E-state index contributed by atoms with van der Waals surface area (Å²) in [6.07, 6.45) is 4.31. The zero-order chi connectivity index (χ0) is 11.3. The Hall–Kier alpha value is -0.990. The quantitative estimate of drug-likeness (QED) is 0.851. The van der Waals surface area contributed by atoms with Gasteiger partial charge in [-0.3, -0.25) is 0 Å². The summed E-state index contributed by atoms with van der Waals surface area (Å²) in [5, 5.41) is 11.5. The van der Waals surface area contributed by atoms with Gasteiger partial charge in [-0.1, -0.05) is 17.7 Å². The van der Waals surface area contributed by atoms with E-state index in [4.69, 9.17) is 11.6 Å². The highest BCUT2D eigenvalue weighted by Gasteiger charge is 2.45. The van der Waals surface area contributed by atoms with E-state index >= 15 is 0 Å². The maximum Gasteiger partial charge on any atom is 0.0528 e. The molecule has 2 aromatic rings. The van der Waals surface area contributed by atoms with Gasteiger partial charge in [0.1, 0.15) is 0 Å². The number of aryl methyl sites for hydroxylation is 1. The summed E-state index contributed by atoms with van der Waals surface area (Å²) in [5.74, 6) is 0. The van der Waals surface area contributed by atoms with E-state index in [1.807, 2.05) is 19.2 Å². The van der Waals surface area contributed by atoms with E-state index in [1.54, 1.807) is 0 Å². The summed E-state index contributed by atoms with van der Waals surface area (Å²) in [6, 6.07) is 5.96. The van der Waals surface area contributed by atoms with E-state index in [0.29, 0.717) is 0 Å². The number of halogens is 1. The minimum atomic E-state index is 0.0212. The van der Waals surface area contributed by atoms with Crippen LogP contribution in [0.2, 0.25) is 5.02 Å². The van der Waals surface area contributed by atoms with Gasteiger partial charge in [0.15, 0.2) is 0 Å². The molecule has 1 fully saturated rings. The molecule has 0 atom stereocenters. The molecule has 1 aromatic carbocycles. The molecule has 0 unspecified atom stereocenters. The van der Waals surface area contributed by atoms with Crippen LogP contribution in [0.4, 0.5) is 0 Å². The molecule has 2 nitrogen and oxygen atoms in total. The number of aromatic nitrogens is 1. The van der Waals surface area contributed by atoms with Crippen molar-refractivity contribution in [3.05, 3.63) is 35.0 Å². The van der Waals surface area contributed by atoms with Gasteiger partial charge in [-0.15, -0.1) is 0 Å². The number of fused-ring (bicyclic) bond motifs is 1. The predicted octanol–water partition coefficient (Wildman–Crippen LogP) is 2.86. The largest absolute Gasteiger partial charge is 0.395 e. The molecule has 16 heavy (non-hydrogen) atoms. The van der Waals surface area contributed by atoms with Crippen molar-refractivity contribution in [2.75, 3.05) is 6.61 Å². The minimum absolute atomic E-state index is 0.0212. The first kappa shape index (κ1) is 10.2. The lowest BCUT2D eigenvalue weighted by Crippen LogP contribution is -2.11. The number of benzene rings is 1. The summed E-state index contributed by atoms with van der Waals surface area (Å²) < 4.78 is 2.09. The molecule has 3 heteroatoms. The number of hydrogen-bond acceptors (Lipinski definition) is 1. The van der Waals surface area contributed by atoms with E-state index < -0.39 is 0 Å². The molecule has 0 saturated heterocycles. The van der Waals surface area contributed by atoms with E-state index in [-0.39, 0.29) is 12.0 Å². The van der Waals surface area contributed by atoms with Crippen LogP contribution in [0.5, 0.6) is 0 Å². The first-order valence-electron chi connectivity index (χ1n) is 5.52. The second-order valence-electron chi connectivity index (χ2n) is 4.75. The van der Waals surface area contributed by atoms with Gasteiger partial charge in [-0.2, -0.15) is 0 Å². The highest BCUT2D eigenvalue weighted by Crippen LogP contribution is 2.50. The molecular weight excluding hydrogens is 222 g/mol. The van der Waals surface area contributed by atoms with Gasteiger partial charge in [-0.25, -0.2) is 0 Å². The Labute approximate surface area is 99.4 Å². The van der Waals surface area contributed by atoms with Crippen LogP contribution in [0.1, 0.15) is 18.4 Å². The fourth-order valence-electron chi connectivity index (χ4n) is 2.44. The van der Waals surface area contributed by atoms with Crippen molar-refractivity contribution in [2.45, 2.75) is 18.3 Å². The lowest BCUT2D eigenvalue weighted by atomic mass is 9.97. The van der Waals surface area contributed by atoms with Crippen LogP contribution in [-0.4, -0.2) is 16.3 Å². The molecule has 1 aliphatic rings. The molecule has 1 aliphatic carbocycles. The highest BCUT2D eigenvalue weighted by molar-refractivity contribution is 6.31. The average molecular weight is 236 g/mol. The normalized spacial score (nSPS) is 17.9. The third kappa shape index (κ3) is 1.30. The summed E-state index contributed by atoms with van der Waals surface area (Å²) >= 11 is 6.00. The molecule has 0 radical (unpaired) electrons. The Kier molecular flexibility index (Phi) is 2.07. The van der Waals surface area contributed by atoms with Gasteiger partial charge in [0, 0.05) is 34.6 Å². The predicted molar refractivity (Wildman–Crippen MR) is 65.9 cm³/mol. The van der Waals surface area contributed by atoms with E-state index in [2.05, 4.69) is 16.8 Å². The number of hydrogen-bond donors (Lipinski definition) is 1. The van der Waals surface area contributed by atoms with Crippen LogP contribution in [0.3, 0.4) is 0 Å². The molecule has 1 saturated carbocycles.